The molecule has 1 unspecified atom stereocenters. The second-order valence-electron chi connectivity index (χ2n) is 3.33. The van der Waals surface area contributed by atoms with E-state index >= 15 is 0 Å². The monoisotopic (exact) mass is 291 g/mol. The van der Waals surface area contributed by atoms with Crippen molar-refractivity contribution in [1.82, 2.24) is 9.97 Å². The molecule has 0 fully saturated rings. The molecule has 2 aromatic rings. The predicted octanol–water partition coefficient (Wildman–Crippen LogP) is 3.03. The molecule has 5 heteroatoms. The molecular weight excluding hydrogens is 285 g/mol. The lowest BCUT2D eigenvalue weighted by molar-refractivity contribution is 0.605. The first-order valence-electron chi connectivity index (χ1n) is 4.84. The third kappa shape index (κ3) is 2.48. The molecule has 0 saturated heterocycles. The summed E-state index contributed by atoms with van der Waals surface area (Å²) < 4.78 is 14.4. The molecule has 1 atom stereocenters. The van der Waals surface area contributed by atoms with Gasteiger partial charge in [0.2, 0.25) is 0 Å². The number of hydrogen-bond acceptors (Lipinski definition) is 3. The van der Waals surface area contributed by atoms with E-state index in [4.69, 9.17) is 5.26 Å². The van der Waals surface area contributed by atoms with Crippen LogP contribution < -0.4 is 0 Å². The number of nitriles is 1. The van der Waals surface area contributed by atoms with E-state index in [9.17, 15) is 4.39 Å². The van der Waals surface area contributed by atoms with Crippen LogP contribution in [-0.2, 0) is 0 Å². The Hall–Kier alpha value is -1.80. The summed E-state index contributed by atoms with van der Waals surface area (Å²) in [6, 6.07) is 8.13. The topological polar surface area (TPSA) is 49.6 Å². The first kappa shape index (κ1) is 11.7. The van der Waals surface area contributed by atoms with Crippen LogP contribution in [0.15, 0.2) is 41.1 Å². The van der Waals surface area contributed by atoms with Gasteiger partial charge in [0.25, 0.3) is 0 Å². The number of halogens is 2. The number of rotatable bonds is 2. The average molecular weight is 292 g/mol. The van der Waals surface area contributed by atoms with Crippen LogP contribution >= 0.6 is 15.9 Å². The zero-order valence-electron chi connectivity index (χ0n) is 8.64. The molecule has 84 valence electrons. The van der Waals surface area contributed by atoms with Crippen molar-refractivity contribution in [3.05, 3.63) is 58.3 Å². The molecule has 0 aliphatic rings. The second-order valence-corrected chi connectivity index (χ2v) is 4.25. The van der Waals surface area contributed by atoms with Crippen LogP contribution in [-0.4, -0.2) is 9.97 Å². The Kier molecular flexibility index (Phi) is 3.45. The molecule has 1 aromatic carbocycles. The van der Waals surface area contributed by atoms with E-state index in [1.54, 1.807) is 18.2 Å². The van der Waals surface area contributed by atoms with Crippen LogP contribution in [0.2, 0.25) is 0 Å². The maximum absolute atomic E-state index is 13.7. The summed E-state index contributed by atoms with van der Waals surface area (Å²) in [5.74, 6) is -0.937. The summed E-state index contributed by atoms with van der Waals surface area (Å²) in [6.45, 7) is 0. The van der Waals surface area contributed by atoms with E-state index < -0.39 is 11.7 Å². The first-order valence-corrected chi connectivity index (χ1v) is 5.63. The molecular formula is C12H7BrFN3. The summed E-state index contributed by atoms with van der Waals surface area (Å²) in [5.41, 5.74) is 0.271. The minimum atomic E-state index is -0.798. The van der Waals surface area contributed by atoms with Crippen molar-refractivity contribution in [1.29, 1.82) is 5.26 Å². The Morgan fingerprint density at radius 1 is 1.29 bits per heavy atom. The fourth-order valence-electron chi connectivity index (χ4n) is 1.46. The van der Waals surface area contributed by atoms with Gasteiger partial charge in [0.1, 0.15) is 17.6 Å². The molecule has 17 heavy (non-hydrogen) atoms. The quantitative estimate of drug-likeness (QED) is 0.854. The van der Waals surface area contributed by atoms with Gasteiger partial charge >= 0.3 is 0 Å². The zero-order valence-corrected chi connectivity index (χ0v) is 10.2. The van der Waals surface area contributed by atoms with E-state index in [0.29, 0.717) is 10.3 Å². The van der Waals surface area contributed by atoms with E-state index in [1.807, 2.05) is 6.07 Å². The zero-order chi connectivity index (χ0) is 12.3. The molecule has 0 aliphatic heterocycles. The van der Waals surface area contributed by atoms with Crippen LogP contribution in [0, 0.1) is 17.1 Å². The highest BCUT2D eigenvalue weighted by Gasteiger charge is 2.20. The Morgan fingerprint density at radius 3 is 2.65 bits per heavy atom. The molecule has 0 aliphatic carbocycles. The van der Waals surface area contributed by atoms with Gasteiger partial charge in [-0.05, 0) is 24.3 Å². The molecule has 2 rings (SSSR count). The molecule has 1 heterocycles. The number of hydrogen-bond donors (Lipinski definition) is 0. The lowest BCUT2D eigenvalue weighted by atomic mass is 9.99. The molecule has 0 amide bonds. The van der Waals surface area contributed by atoms with Crippen molar-refractivity contribution < 1.29 is 4.39 Å². The van der Waals surface area contributed by atoms with Gasteiger partial charge < -0.3 is 0 Å². The molecule has 0 bridgehead atoms. The fraction of sp³-hybridized carbons (Fsp3) is 0.0833. The Morgan fingerprint density at radius 2 is 2.00 bits per heavy atom. The standard InChI is InChI=1S/C12H7BrFN3/c13-8-2-3-11(14)9(6-8)10(7-15)12-16-4-1-5-17-12/h1-6,10H. The molecule has 1 aromatic heterocycles. The highest BCUT2D eigenvalue weighted by atomic mass is 79.9. The van der Waals surface area contributed by atoms with Crippen molar-refractivity contribution in [3.63, 3.8) is 0 Å². The van der Waals surface area contributed by atoms with Crippen LogP contribution in [0.3, 0.4) is 0 Å². The van der Waals surface area contributed by atoms with Gasteiger partial charge in [-0.2, -0.15) is 5.26 Å². The SMILES string of the molecule is N#CC(c1ncccn1)c1cc(Br)ccc1F. The second kappa shape index (κ2) is 5.02. The summed E-state index contributed by atoms with van der Waals surface area (Å²) in [5, 5.41) is 9.14. The summed E-state index contributed by atoms with van der Waals surface area (Å²) in [7, 11) is 0. The smallest absolute Gasteiger partial charge is 0.149 e. The van der Waals surface area contributed by atoms with Gasteiger partial charge in [0.05, 0.1) is 6.07 Å². The van der Waals surface area contributed by atoms with Crippen LogP contribution in [0.25, 0.3) is 0 Å². The van der Waals surface area contributed by atoms with Gasteiger partial charge in [0.15, 0.2) is 0 Å². The lowest BCUT2D eigenvalue weighted by Crippen LogP contribution is -2.05. The van der Waals surface area contributed by atoms with Gasteiger partial charge in [-0.15, -0.1) is 0 Å². The minimum absolute atomic E-state index is 0.271. The van der Waals surface area contributed by atoms with Crippen LogP contribution in [0.5, 0.6) is 0 Å². The van der Waals surface area contributed by atoms with E-state index in [0.717, 1.165) is 0 Å². The highest BCUT2D eigenvalue weighted by molar-refractivity contribution is 9.10. The molecule has 0 spiro atoms. The van der Waals surface area contributed by atoms with Crippen molar-refractivity contribution in [2.45, 2.75) is 5.92 Å². The van der Waals surface area contributed by atoms with Gasteiger partial charge in [0, 0.05) is 22.4 Å². The Labute approximate surface area is 106 Å². The third-order valence-electron chi connectivity index (χ3n) is 2.24. The van der Waals surface area contributed by atoms with Crippen LogP contribution in [0.1, 0.15) is 17.3 Å². The largest absolute Gasteiger partial charge is 0.240 e. The number of nitrogens with zero attached hydrogens (tertiary/aromatic N) is 3. The highest BCUT2D eigenvalue weighted by Crippen LogP contribution is 2.26. The third-order valence-corrected chi connectivity index (χ3v) is 2.74. The van der Waals surface area contributed by atoms with Crippen molar-refractivity contribution >= 4 is 15.9 Å². The molecule has 0 saturated carbocycles. The number of aromatic nitrogens is 2. The maximum Gasteiger partial charge on any atom is 0.149 e. The summed E-state index contributed by atoms with van der Waals surface area (Å²) in [4.78, 5) is 7.96. The number of benzene rings is 1. The van der Waals surface area contributed by atoms with Crippen molar-refractivity contribution in [3.8, 4) is 6.07 Å². The Bertz CT molecular complexity index is 566. The minimum Gasteiger partial charge on any atom is -0.240 e. The van der Waals surface area contributed by atoms with Gasteiger partial charge in [-0.3, -0.25) is 0 Å². The summed E-state index contributed by atoms with van der Waals surface area (Å²) >= 11 is 3.25. The fourth-order valence-corrected chi connectivity index (χ4v) is 1.84. The molecule has 0 N–H and O–H groups in total. The summed E-state index contributed by atoms with van der Waals surface area (Å²) in [6.07, 6.45) is 3.06. The van der Waals surface area contributed by atoms with Gasteiger partial charge in [-0.25, -0.2) is 14.4 Å². The predicted molar refractivity (Wildman–Crippen MR) is 63.6 cm³/mol. The van der Waals surface area contributed by atoms with Crippen molar-refractivity contribution in [2.75, 3.05) is 0 Å². The average Bonchev–Trinajstić information content (AvgIpc) is 2.36. The van der Waals surface area contributed by atoms with E-state index in [-0.39, 0.29) is 5.56 Å². The maximum atomic E-state index is 13.7. The first-order chi connectivity index (χ1) is 8.22. The molecule has 3 nitrogen and oxygen atoms in total. The Balaban J connectivity index is 2.51. The molecule has 0 radical (unpaired) electrons. The van der Waals surface area contributed by atoms with Gasteiger partial charge in [-0.1, -0.05) is 15.9 Å². The van der Waals surface area contributed by atoms with E-state index in [2.05, 4.69) is 25.9 Å². The normalized spacial score (nSPS) is 11.8. The van der Waals surface area contributed by atoms with Crippen LogP contribution in [0.4, 0.5) is 4.39 Å². The lowest BCUT2D eigenvalue weighted by Gasteiger charge is -2.09. The van der Waals surface area contributed by atoms with Crippen molar-refractivity contribution in [2.24, 2.45) is 0 Å². The van der Waals surface area contributed by atoms with E-state index in [1.165, 1.54) is 18.5 Å².